The molecule has 0 bridgehead atoms. The van der Waals surface area contributed by atoms with E-state index in [1.807, 2.05) is 12.1 Å². The minimum atomic E-state index is 0.755. The summed E-state index contributed by atoms with van der Waals surface area (Å²) in [6.07, 6.45) is 10.2. The predicted octanol–water partition coefficient (Wildman–Crippen LogP) is 5.78. The van der Waals surface area contributed by atoms with E-state index in [0.29, 0.717) is 0 Å². The predicted molar refractivity (Wildman–Crippen MR) is 105 cm³/mol. The van der Waals surface area contributed by atoms with Crippen molar-refractivity contribution in [2.45, 2.75) is 58.8 Å². The molecule has 0 unspecified atom stereocenters. The molecule has 25 heavy (non-hydrogen) atoms. The average molecular weight is 335 g/mol. The molecule has 0 radical (unpaired) electrons. The van der Waals surface area contributed by atoms with Crippen molar-refractivity contribution >= 4 is 0 Å². The van der Waals surface area contributed by atoms with Gasteiger partial charge in [-0.15, -0.1) is 0 Å². The number of aryl methyl sites for hydroxylation is 1. The van der Waals surface area contributed by atoms with Crippen molar-refractivity contribution in [2.24, 2.45) is 0 Å². The average Bonchev–Trinajstić information content (AvgIpc) is 2.66. The third-order valence-electron chi connectivity index (χ3n) is 4.11. The Bertz CT molecular complexity index is 662. The van der Waals surface area contributed by atoms with Gasteiger partial charge in [0, 0.05) is 5.56 Å². The number of aromatic nitrogens is 1. The van der Waals surface area contributed by atoms with Gasteiger partial charge in [-0.1, -0.05) is 57.6 Å². The summed E-state index contributed by atoms with van der Waals surface area (Å²) in [5, 5.41) is 0. The summed E-state index contributed by atoms with van der Waals surface area (Å²) < 4.78 is 5.67. The summed E-state index contributed by atoms with van der Waals surface area (Å²) in [5.41, 5.74) is 3.19. The van der Waals surface area contributed by atoms with E-state index in [1.54, 1.807) is 6.20 Å². The minimum Gasteiger partial charge on any atom is -0.492 e. The Hall–Kier alpha value is -2.27. The number of nitrogens with zero attached hydrogens (tertiary/aromatic N) is 1. The fourth-order valence-electron chi connectivity index (χ4n) is 2.55. The first-order valence-corrected chi connectivity index (χ1v) is 9.51. The molecule has 0 atom stereocenters. The second-order valence-corrected chi connectivity index (χ2v) is 6.34. The van der Waals surface area contributed by atoms with Gasteiger partial charge in [-0.2, -0.15) is 0 Å². The van der Waals surface area contributed by atoms with Crippen LogP contribution in [0.5, 0.6) is 5.75 Å². The molecule has 0 saturated heterocycles. The van der Waals surface area contributed by atoms with Crippen LogP contribution in [0.2, 0.25) is 0 Å². The highest BCUT2D eigenvalue weighted by atomic mass is 16.5. The van der Waals surface area contributed by atoms with Crippen LogP contribution < -0.4 is 4.74 Å². The molecule has 0 fully saturated rings. The van der Waals surface area contributed by atoms with Crippen LogP contribution >= 0.6 is 0 Å². The SMILES string of the molecule is CCCCCOc1ccc(C#Cc2ccc(CCCCC)cc2)nc1. The first-order chi connectivity index (χ1) is 12.3. The first kappa shape index (κ1) is 19.1. The van der Waals surface area contributed by atoms with Crippen LogP contribution in [0.3, 0.4) is 0 Å². The Morgan fingerprint density at radius 1 is 0.840 bits per heavy atom. The molecule has 2 heteroatoms. The summed E-state index contributed by atoms with van der Waals surface area (Å²) in [6.45, 7) is 5.18. The molecule has 1 aromatic carbocycles. The van der Waals surface area contributed by atoms with Crippen molar-refractivity contribution < 1.29 is 4.74 Å². The highest BCUT2D eigenvalue weighted by Crippen LogP contribution is 2.11. The van der Waals surface area contributed by atoms with Crippen LogP contribution in [0.15, 0.2) is 42.6 Å². The number of pyridine rings is 1. The standard InChI is InChI=1S/C23H29NO/c1-3-5-7-9-20-10-12-21(13-11-20)14-15-22-16-17-23(19-24-22)25-18-8-6-4-2/h10-13,16-17,19H,3-9,18H2,1-2H3. The molecule has 0 saturated carbocycles. The molecular formula is C23H29NO. The van der Waals surface area contributed by atoms with E-state index in [1.165, 1.54) is 37.7 Å². The zero-order valence-corrected chi connectivity index (χ0v) is 15.6. The summed E-state index contributed by atoms with van der Waals surface area (Å²) >= 11 is 0. The van der Waals surface area contributed by atoms with Crippen molar-refractivity contribution in [3.05, 3.63) is 59.4 Å². The Morgan fingerprint density at radius 2 is 1.60 bits per heavy atom. The Morgan fingerprint density at radius 3 is 2.28 bits per heavy atom. The van der Waals surface area contributed by atoms with Crippen molar-refractivity contribution in [1.29, 1.82) is 0 Å². The first-order valence-electron chi connectivity index (χ1n) is 9.51. The Balaban J connectivity index is 1.85. The molecular weight excluding hydrogens is 306 g/mol. The molecule has 2 aromatic rings. The molecule has 132 valence electrons. The lowest BCUT2D eigenvalue weighted by molar-refractivity contribution is 0.305. The van der Waals surface area contributed by atoms with Crippen LogP contribution in [0.4, 0.5) is 0 Å². The van der Waals surface area contributed by atoms with Gasteiger partial charge in [0.05, 0.1) is 12.8 Å². The monoisotopic (exact) mass is 335 g/mol. The third-order valence-corrected chi connectivity index (χ3v) is 4.11. The lowest BCUT2D eigenvalue weighted by Crippen LogP contribution is -1.97. The lowest BCUT2D eigenvalue weighted by atomic mass is 10.1. The number of rotatable bonds is 9. The van der Waals surface area contributed by atoms with E-state index in [2.05, 4.69) is 54.9 Å². The molecule has 0 N–H and O–H groups in total. The van der Waals surface area contributed by atoms with Crippen LogP contribution in [0.1, 0.15) is 69.2 Å². The molecule has 1 aromatic heterocycles. The van der Waals surface area contributed by atoms with Gasteiger partial charge < -0.3 is 4.74 Å². The minimum absolute atomic E-state index is 0.755. The largest absolute Gasteiger partial charge is 0.492 e. The third kappa shape index (κ3) is 7.44. The van der Waals surface area contributed by atoms with Gasteiger partial charge in [-0.3, -0.25) is 0 Å². The van der Waals surface area contributed by atoms with Gasteiger partial charge in [-0.25, -0.2) is 4.98 Å². The van der Waals surface area contributed by atoms with Gasteiger partial charge in [-0.05, 0) is 55.0 Å². The molecule has 0 aliphatic carbocycles. The summed E-state index contributed by atoms with van der Waals surface area (Å²) in [4.78, 5) is 4.36. The van der Waals surface area contributed by atoms with Crippen LogP contribution in [-0.4, -0.2) is 11.6 Å². The van der Waals surface area contributed by atoms with Gasteiger partial charge in [0.1, 0.15) is 11.4 Å². The molecule has 0 aliphatic rings. The van der Waals surface area contributed by atoms with Gasteiger partial charge >= 0.3 is 0 Å². The maximum Gasteiger partial charge on any atom is 0.137 e. The van der Waals surface area contributed by atoms with Crippen molar-refractivity contribution in [1.82, 2.24) is 4.98 Å². The Labute approximate surface area is 152 Å². The fourth-order valence-corrected chi connectivity index (χ4v) is 2.55. The molecule has 0 aliphatic heterocycles. The maximum atomic E-state index is 5.67. The second kappa shape index (κ2) is 11.3. The van der Waals surface area contributed by atoms with Crippen molar-refractivity contribution in [3.63, 3.8) is 0 Å². The molecule has 1 heterocycles. The topological polar surface area (TPSA) is 22.1 Å². The summed E-state index contributed by atoms with van der Waals surface area (Å²) in [6, 6.07) is 12.4. The van der Waals surface area contributed by atoms with E-state index >= 15 is 0 Å². The molecule has 2 nitrogen and oxygen atoms in total. The van der Waals surface area contributed by atoms with E-state index < -0.39 is 0 Å². The van der Waals surface area contributed by atoms with E-state index in [-0.39, 0.29) is 0 Å². The van der Waals surface area contributed by atoms with Gasteiger partial charge in [0.25, 0.3) is 0 Å². The maximum absolute atomic E-state index is 5.67. The number of benzene rings is 1. The quantitative estimate of drug-likeness (QED) is 0.428. The van der Waals surface area contributed by atoms with E-state index in [9.17, 15) is 0 Å². The molecule has 0 amide bonds. The van der Waals surface area contributed by atoms with Crippen molar-refractivity contribution in [3.8, 4) is 17.6 Å². The Kier molecular flexibility index (Phi) is 8.63. The zero-order chi connectivity index (χ0) is 17.7. The lowest BCUT2D eigenvalue weighted by Gasteiger charge is -2.04. The summed E-state index contributed by atoms with van der Waals surface area (Å²) in [7, 11) is 0. The highest BCUT2D eigenvalue weighted by Gasteiger charge is 1.96. The smallest absolute Gasteiger partial charge is 0.137 e. The van der Waals surface area contributed by atoms with Crippen molar-refractivity contribution in [2.75, 3.05) is 6.61 Å². The molecule has 0 spiro atoms. The second-order valence-electron chi connectivity index (χ2n) is 6.34. The number of unbranched alkanes of at least 4 members (excludes halogenated alkanes) is 4. The van der Waals surface area contributed by atoms with Gasteiger partial charge in [0.15, 0.2) is 0 Å². The fraction of sp³-hybridized carbons (Fsp3) is 0.435. The zero-order valence-electron chi connectivity index (χ0n) is 15.6. The number of hydrogen-bond donors (Lipinski definition) is 0. The van der Waals surface area contributed by atoms with Crippen LogP contribution in [0.25, 0.3) is 0 Å². The van der Waals surface area contributed by atoms with Crippen LogP contribution in [0, 0.1) is 11.8 Å². The summed E-state index contributed by atoms with van der Waals surface area (Å²) in [5.74, 6) is 7.12. The normalized spacial score (nSPS) is 10.2. The number of ether oxygens (including phenoxy) is 1. The van der Waals surface area contributed by atoms with E-state index in [0.717, 1.165) is 36.5 Å². The van der Waals surface area contributed by atoms with Gasteiger partial charge in [0.2, 0.25) is 0 Å². The molecule has 2 rings (SSSR count). The highest BCUT2D eigenvalue weighted by molar-refractivity contribution is 5.41. The van der Waals surface area contributed by atoms with E-state index in [4.69, 9.17) is 4.74 Å². The number of hydrogen-bond acceptors (Lipinski definition) is 2. The van der Waals surface area contributed by atoms with Crippen LogP contribution in [-0.2, 0) is 6.42 Å².